The summed E-state index contributed by atoms with van der Waals surface area (Å²) in [7, 11) is 2.14. The van der Waals surface area contributed by atoms with Gasteiger partial charge >= 0.3 is 0 Å². The monoisotopic (exact) mass is 283 g/mol. The Bertz CT molecular complexity index is 537. The van der Waals surface area contributed by atoms with Crippen molar-refractivity contribution in [1.29, 1.82) is 0 Å². The third-order valence-corrected chi connectivity index (χ3v) is 3.48. The summed E-state index contributed by atoms with van der Waals surface area (Å²) in [6, 6.07) is 8.97. The minimum atomic E-state index is 0.0868. The molecule has 0 fully saturated rings. The van der Waals surface area contributed by atoms with Crippen LogP contribution >= 0.6 is 0 Å². The number of hydrogen-bond donors (Lipinski definition) is 0. The largest absolute Gasteiger partial charge is 0.298 e. The molecule has 114 valence electrons. The Balaban J connectivity index is 2.57. The van der Waals surface area contributed by atoms with Crippen molar-refractivity contribution < 1.29 is 0 Å². The van der Waals surface area contributed by atoms with Crippen LogP contribution in [0.2, 0.25) is 0 Å². The molecule has 0 bridgehead atoms. The molecule has 1 aromatic rings. The van der Waals surface area contributed by atoms with E-state index in [-0.39, 0.29) is 5.41 Å². The molecular formula is C20H29N. The van der Waals surface area contributed by atoms with Crippen LogP contribution in [0.3, 0.4) is 0 Å². The van der Waals surface area contributed by atoms with Crippen molar-refractivity contribution in [1.82, 2.24) is 4.90 Å². The lowest BCUT2D eigenvalue weighted by atomic mass is 9.97. The molecule has 0 radical (unpaired) electrons. The van der Waals surface area contributed by atoms with Crippen molar-refractivity contribution in [3.8, 4) is 11.8 Å². The van der Waals surface area contributed by atoms with Crippen LogP contribution in [-0.2, 0) is 0 Å². The van der Waals surface area contributed by atoms with Gasteiger partial charge in [-0.3, -0.25) is 4.90 Å². The summed E-state index contributed by atoms with van der Waals surface area (Å²) >= 11 is 0. The summed E-state index contributed by atoms with van der Waals surface area (Å²) in [6.07, 6.45) is 0.898. The molecule has 0 saturated heterocycles. The Morgan fingerprint density at radius 3 is 2.57 bits per heavy atom. The zero-order valence-electron chi connectivity index (χ0n) is 14.5. The maximum Gasteiger partial charge on any atom is 0.0243 e. The molecule has 0 N–H and O–H groups in total. The Hall–Kier alpha value is -1.52. The molecule has 0 spiro atoms. The van der Waals surface area contributed by atoms with Crippen LogP contribution in [-0.4, -0.2) is 24.5 Å². The summed E-state index contributed by atoms with van der Waals surface area (Å²) in [5.74, 6) is 6.61. The van der Waals surface area contributed by atoms with E-state index in [1.165, 1.54) is 11.1 Å². The van der Waals surface area contributed by atoms with Gasteiger partial charge in [0, 0.05) is 24.4 Å². The fourth-order valence-electron chi connectivity index (χ4n) is 2.03. The Kier molecular flexibility index (Phi) is 6.24. The van der Waals surface area contributed by atoms with Crippen LogP contribution in [0.1, 0.15) is 45.2 Å². The summed E-state index contributed by atoms with van der Waals surface area (Å²) in [6.45, 7) is 15.9. The predicted molar refractivity (Wildman–Crippen MR) is 94.2 cm³/mol. The van der Waals surface area contributed by atoms with Gasteiger partial charge in [0.2, 0.25) is 0 Å². The van der Waals surface area contributed by atoms with Gasteiger partial charge in [0.1, 0.15) is 0 Å². The maximum absolute atomic E-state index is 4.23. The topological polar surface area (TPSA) is 3.24 Å². The molecular weight excluding hydrogens is 254 g/mol. The average Bonchev–Trinajstić information content (AvgIpc) is 2.36. The second-order valence-electron chi connectivity index (χ2n) is 6.99. The average molecular weight is 283 g/mol. The summed E-state index contributed by atoms with van der Waals surface area (Å²) in [5.41, 5.74) is 3.76. The fraction of sp³-hybridized carbons (Fsp3) is 0.500. The van der Waals surface area contributed by atoms with E-state index < -0.39 is 0 Å². The third kappa shape index (κ3) is 6.65. The lowest BCUT2D eigenvalue weighted by Crippen LogP contribution is -2.30. The van der Waals surface area contributed by atoms with Crippen molar-refractivity contribution >= 4 is 5.57 Å². The Labute approximate surface area is 131 Å². The first-order valence-electron chi connectivity index (χ1n) is 7.64. The summed E-state index contributed by atoms with van der Waals surface area (Å²) in [4.78, 5) is 2.32. The smallest absolute Gasteiger partial charge is 0.0243 e. The summed E-state index contributed by atoms with van der Waals surface area (Å²) < 4.78 is 0. The van der Waals surface area contributed by atoms with Crippen LogP contribution in [0.15, 0.2) is 30.8 Å². The normalized spacial score (nSPS) is 12.7. The van der Waals surface area contributed by atoms with Gasteiger partial charge in [-0.15, -0.1) is 5.92 Å². The number of hydrogen-bond acceptors (Lipinski definition) is 1. The Morgan fingerprint density at radius 1 is 1.33 bits per heavy atom. The van der Waals surface area contributed by atoms with Gasteiger partial charge in [0.05, 0.1) is 0 Å². The SMILES string of the molecule is C=C(CN(C)C(C)CC#CC(C)(C)C)c1cccc(C)c1. The predicted octanol–water partition coefficient (Wildman–Crippen LogP) is 4.77. The highest BCUT2D eigenvalue weighted by molar-refractivity contribution is 5.65. The number of likely N-dealkylation sites (N-methyl/N-ethyl adjacent to an activating group) is 1. The minimum absolute atomic E-state index is 0.0868. The Morgan fingerprint density at radius 2 is 2.00 bits per heavy atom. The molecule has 0 aliphatic heterocycles. The molecule has 0 aliphatic rings. The highest BCUT2D eigenvalue weighted by Gasteiger charge is 2.11. The molecule has 0 amide bonds. The zero-order chi connectivity index (χ0) is 16.0. The quantitative estimate of drug-likeness (QED) is 0.704. The fourth-order valence-corrected chi connectivity index (χ4v) is 2.03. The molecule has 1 nitrogen and oxygen atoms in total. The first-order chi connectivity index (χ1) is 9.69. The molecule has 1 heteroatoms. The van der Waals surface area contributed by atoms with E-state index in [1.54, 1.807) is 0 Å². The lowest BCUT2D eigenvalue weighted by Gasteiger charge is -2.24. The van der Waals surface area contributed by atoms with Crippen molar-refractivity contribution in [2.24, 2.45) is 5.41 Å². The minimum Gasteiger partial charge on any atom is -0.298 e. The molecule has 1 atom stereocenters. The second kappa shape index (κ2) is 7.48. The van der Waals surface area contributed by atoms with Gasteiger partial charge in [-0.2, -0.15) is 0 Å². The molecule has 1 aromatic carbocycles. The maximum atomic E-state index is 4.23. The number of aryl methyl sites for hydroxylation is 1. The van der Waals surface area contributed by atoms with Gasteiger partial charge in [-0.05, 0) is 52.8 Å². The van der Waals surface area contributed by atoms with Crippen molar-refractivity contribution in [3.05, 3.63) is 42.0 Å². The van der Waals surface area contributed by atoms with Crippen LogP contribution in [0.5, 0.6) is 0 Å². The zero-order valence-corrected chi connectivity index (χ0v) is 14.5. The molecule has 0 aromatic heterocycles. The summed E-state index contributed by atoms with van der Waals surface area (Å²) in [5, 5.41) is 0. The van der Waals surface area contributed by atoms with Gasteiger partial charge in [0.25, 0.3) is 0 Å². The van der Waals surface area contributed by atoms with E-state index in [2.05, 4.69) is 89.3 Å². The molecule has 1 rings (SSSR count). The van der Waals surface area contributed by atoms with E-state index in [0.717, 1.165) is 18.5 Å². The van der Waals surface area contributed by atoms with Crippen molar-refractivity contribution in [2.45, 2.75) is 47.1 Å². The van der Waals surface area contributed by atoms with Gasteiger partial charge in [0.15, 0.2) is 0 Å². The van der Waals surface area contributed by atoms with E-state index >= 15 is 0 Å². The van der Waals surface area contributed by atoms with Crippen LogP contribution < -0.4 is 0 Å². The van der Waals surface area contributed by atoms with Crippen LogP contribution in [0, 0.1) is 24.2 Å². The number of benzene rings is 1. The highest BCUT2D eigenvalue weighted by atomic mass is 15.1. The van der Waals surface area contributed by atoms with E-state index in [1.807, 2.05) is 0 Å². The van der Waals surface area contributed by atoms with E-state index in [4.69, 9.17) is 0 Å². The van der Waals surface area contributed by atoms with Crippen molar-refractivity contribution in [2.75, 3.05) is 13.6 Å². The van der Waals surface area contributed by atoms with Gasteiger partial charge in [-0.1, -0.05) is 42.3 Å². The highest BCUT2D eigenvalue weighted by Crippen LogP contribution is 2.16. The first kappa shape index (κ1) is 17.5. The van der Waals surface area contributed by atoms with Crippen molar-refractivity contribution in [3.63, 3.8) is 0 Å². The molecule has 1 unspecified atom stereocenters. The molecule has 0 heterocycles. The van der Waals surface area contributed by atoms with E-state index in [0.29, 0.717) is 6.04 Å². The van der Waals surface area contributed by atoms with Gasteiger partial charge < -0.3 is 0 Å². The van der Waals surface area contributed by atoms with Crippen LogP contribution in [0.25, 0.3) is 5.57 Å². The molecule has 0 saturated carbocycles. The van der Waals surface area contributed by atoms with E-state index in [9.17, 15) is 0 Å². The van der Waals surface area contributed by atoms with Crippen LogP contribution in [0.4, 0.5) is 0 Å². The third-order valence-electron chi connectivity index (χ3n) is 3.48. The number of rotatable bonds is 5. The standard InChI is InChI=1S/C20H29N/c1-16-10-8-12-19(14-16)17(2)15-21(7)18(3)11-9-13-20(4,5)6/h8,10,12,14,18H,2,11,15H2,1,3-7H3. The molecule has 0 aliphatic carbocycles. The first-order valence-corrected chi connectivity index (χ1v) is 7.64. The number of nitrogens with zero attached hydrogens (tertiary/aromatic N) is 1. The molecule has 21 heavy (non-hydrogen) atoms. The lowest BCUT2D eigenvalue weighted by molar-refractivity contribution is 0.292. The van der Waals surface area contributed by atoms with Gasteiger partial charge in [-0.25, -0.2) is 0 Å². The second-order valence-corrected chi connectivity index (χ2v) is 6.99.